The second kappa shape index (κ2) is 7.90. The lowest BCUT2D eigenvalue weighted by molar-refractivity contribution is -0.122. The van der Waals surface area contributed by atoms with Crippen LogP contribution in [-0.2, 0) is 17.9 Å². The minimum Gasteiger partial charge on any atom is -0.393 e. The summed E-state index contributed by atoms with van der Waals surface area (Å²) in [6.45, 7) is 4.40. The summed E-state index contributed by atoms with van der Waals surface area (Å²) in [6, 6.07) is 8.46. The van der Waals surface area contributed by atoms with E-state index in [1.54, 1.807) is 0 Å². The van der Waals surface area contributed by atoms with Crippen molar-refractivity contribution in [3.63, 3.8) is 0 Å². The number of likely N-dealkylation sites (tertiary alicyclic amines) is 1. The number of carbonyl (C=O) groups excluding carboxylic acids is 1. The Morgan fingerprint density at radius 2 is 1.87 bits per heavy atom. The summed E-state index contributed by atoms with van der Waals surface area (Å²) in [5, 5.41) is 15.8. The molecule has 1 amide bonds. The van der Waals surface area contributed by atoms with E-state index in [4.69, 9.17) is 0 Å². The topological polar surface area (TPSA) is 64.6 Å². The van der Waals surface area contributed by atoms with E-state index in [1.807, 2.05) is 0 Å². The third kappa shape index (κ3) is 4.77. The van der Waals surface area contributed by atoms with E-state index in [-0.39, 0.29) is 18.1 Å². The summed E-state index contributed by atoms with van der Waals surface area (Å²) >= 11 is 0. The van der Waals surface area contributed by atoms with Gasteiger partial charge in [-0.1, -0.05) is 24.3 Å². The molecule has 0 spiro atoms. The summed E-state index contributed by atoms with van der Waals surface area (Å²) in [5.41, 5.74) is 2.42. The minimum absolute atomic E-state index is 0.0104. The fourth-order valence-corrected chi connectivity index (χ4v) is 3.32. The number of hydrogen-bond acceptors (Lipinski definition) is 4. The van der Waals surface area contributed by atoms with Gasteiger partial charge in [-0.25, -0.2) is 0 Å². The SMILES string of the molecule is O=C(NCc1ccc(CN2CCC(O)CC2)cc1)[C@@H]1CCCN1. The molecule has 0 radical (unpaired) electrons. The summed E-state index contributed by atoms with van der Waals surface area (Å²) in [7, 11) is 0. The van der Waals surface area contributed by atoms with Crippen LogP contribution in [0.15, 0.2) is 24.3 Å². The molecule has 2 heterocycles. The van der Waals surface area contributed by atoms with Gasteiger partial charge in [0, 0.05) is 26.2 Å². The van der Waals surface area contributed by atoms with Crippen molar-refractivity contribution < 1.29 is 9.90 Å². The van der Waals surface area contributed by atoms with Crippen molar-refractivity contribution in [2.75, 3.05) is 19.6 Å². The standard InChI is InChI=1S/C18H27N3O2/c22-16-7-10-21(11-8-16)13-15-5-3-14(4-6-15)12-20-18(23)17-2-1-9-19-17/h3-6,16-17,19,22H,1-2,7-13H2,(H,20,23)/t17-/m0/s1. The Morgan fingerprint density at radius 3 is 2.52 bits per heavy atom. The predicted octanol–water partition coefficient (Wildman–Crippen LogP) is 1.01. The van der Waals surface area contributed by atoms with E-state index >= 15 is 0 Å². The molecule has 5 nitrogen and oxygen atoms in total. The second-order valence-electron chi connectivity index (χ2n) is 6.69. The van der Waals surface area contributed by atoms with Crippen LogP contribution in [0.25, 0.3) is 0 Å². The van der Waals surface area contributed by atoms with Gasteiger partial charge in [-0.15, -0.1) is 0 Å². The van der Waals surface area contributed by atoms with Crippen LogP contribution < -0.4 is 10.6 Å². The first-order chi connectivity index (χ1) is 11.2. The number of rotatable bonds is 5. The molecule has 3 N–H and O–H groups in total. The molecule has 2 fully saturated rings. The number of nitrogens with one attached hydrogen (secondary N) is 2. The zero-order chi connectivity index (χ0) is 16.1. The van der Waals surface area contributed by atoms with Gasteiger partial charge in [-0.2, -0.15) is 0 Å². The number of aliphatic hydroxyl groups excluding tert-OH is 1. The zero-order valence-electron chi connectivity index (χ0n) is 13.6. The maximum atomic E-state index is 12.0. The molecule has 23 heavy (non-hydrogen) atoms. The average molecular weight is 317 g/mol. The molecule has 0 aromatic heterocycles. The van der Waals surface area contributed by atoms with Crippen LogP contribution in [0, 0.1) is 0 Å². The van der Waals surface area contributed by atoms with Gasteiger partial charge in [0.15, 0.2) is 0 Å². The summed E-state index contributed by atoms with van der Waals surface area (Å²) in [4.78, 5) is 14.4. The number of hydrogen-bond donors (Lipinski definition) is 3. The van der Waals surface area contributed by atoms with E-state index in [0.29, 0.717) is 6.54 Å². The zero-order valence-corrected chi connectivity index (χ0v) is 13.6. The summed E-state index contributed by atoms with van der Waals surface area (Å²) in [5.74, 6) is 0.110. The van der Waals surface area contributed by atoms with Crippen molar-refractivity contribution in [2.24, 2.45) is 0 Å². The maximum absolute atomic E-state index is 12.0. The van der Waals surface area contributed by atoms with Gasteiger partial charge in [-0.3, -0.25) is 9.69 Å². The molecule has 3 rings (SSSR count). The minimum atomic E-state index is -0.119. The van der Waals surface area contributed by atoms with Crippen molar-refractivity contribution in [2.45, 2.75) is 50.9 Å². The molecule has 0 aliphatic carbocycles. The summed E-state index contributed by atoms with van der Waals surface area (Å²) < 4.78 is 0. The third-order valence-electron chi connectivity index (χ3n) is 4.83. The number of nitrogens with zero attached hydrogens (tertiary/aromatic N) is 1. The molecule has 5 heteroatoms. The van der Waals surface area contributed by atoms with Crippen molar-refractivity contribution >= 4 is 5.91 Å². The highest BCUT2D eigenvalue weighted by atomic mass is 16.3. The number of aliphatic hydroxyl groups is 1. The molecule has 0 saturated carbocycles. The highest BCUT2D eigenvalue weighted by Gasteiger charge is 2.21. The Labute approximate surface area is 138 Å². The van der Waals surface area contributed by atoms with Gasteiger partial charge in [0.25, 0.3) is 0 Å². The summed E-state index contributed by atoms with van der Waals surface area (Å²) in [6.07, 6.45) is 3.65. The Morgan fingerprint density at radius 1 is 1.17 bits per heavy atom. The fourth-order valence-electron chi connectivity index (χ4n) is 3.32. The van der Waals surface area contributed by atoms with E-state index in [9.17, 15) is 9.90 Å². The van der Waals surface area contributed by atoms with Crippen LogP contribution in [0.4, 0.5) is 0 Å². The lowest BCUT2D eigenvalue weighted by Gasteiger charge is -2.29. The Bertz CT molecular complexity index is 504. The highest BCUT2D eigenvalue weighted by Crippen LogP contribution is 2.14. The molecular formula is C18H27N3O2. The Balaban J connectivity index is 1.44. The van der Waals surface area contributed by atoms with E-state index in [1.165, 1.54) is 5.56 Å². The van der Waals surface area contributed by atoms with Crippen LogP contribution in [0.5, 0.6) is 0 Å². The second-order valence-corrected chi connectivity index (χ2v) is 6.69. The van der Waals surface area contributed by atoms with Gasteiger partial charge in [0.1, 0.15) is 0 Å². The highest BCUT2D eigenvalue weighted by molar-refractivity contribution is 5.81. The van der Waals surface area contributed by atoms with Gasteiger partial charge >= 0.3 is 0 Å². The normalized spacial score (nSPS) is 23.1. The van der Waals surface area contributed by atoms with Crippen LogP contribution in [0.3, 0.4) is 0 Å². The Hall–Kier alpha value is -1.43. The van der Waals surface area contributed by atoms with E-state index < -0.39 is 0 Å². The number of amides is 1. The molecule has 1 atom stereocenters. The quantitative estimate of drug-likeness (QED) is 0.758. The first-order valence-electron chi connectivity index (χ1n) is 8.70. The lowest BCUT2D eigenvalue weighted by atomic mass is 10.1. The van der Waals surface area contributed by atoms with Crippen molar-refractivity contribution in [3.05, 3.63) is 35.4 Å². The number of carbonyl (C=O) groups is 1. The number of benzene rings is 1. The van der Waals surface area contributed by atoms with E-state index in [0.717, 1.165) is 57.4 Å². The van der Waals surface area contributed by atoms with Gasteiger partial charge in [-0.05, 0) is 43.4 Å². The van der Waals surface area contributed by atoms with Crippen molar-refractivity contribution in [1.29, 1.82) is 0 Å². The Kier molecular flexibility index (Phi) is 5.65. The molecule has 0 unspecified atom stereocenters. The number of piperidine rings is 1. The molecule has 2 aliphatic rings. The first kappa shape index (κ1) is 16.4. The molecule has 1 aromatic rings. The molecule has 2 aliphatic heterocycles. The third-order valence-corrected chi connectivity index (χ3v) is 4.83. The van der Waals surface area contributed by atoms with Crippen molar-refractivity contribution in [1.82, 2.24) is 15.5 Å². The first-order valence-corrected chi connectivity index (χ1v) is 8.70. The van der Waals surface area contributed by atoms with Gasteiger partial charge in [0.2, 0.25) is 5.91 Å². The van der Waals surface area contributed by atoms with Crippen LogP contribution >= 0.6 is 0 Å². The van der Waals surface area contributed by atoms with Crippen LogP contribution in [-0.4, -0.2) is 47.7 Å². The van der Waals surface area contributed by atoms with E-state index in [2.05, 4.69) is 39.8 Å². The smallest absolute Gasteiger partial charge is 0.237 e. The van der Waals surface area contributed by atoms with Gasteiger partial charge < -0.3 is 15.7 Å². The fraction of sp³-hybridized carbons (Fsp3) is 0.611. The predicted molar refractivity (Wildman–Crippen MR) is 89.8 cm³/mol. The van der Waals surface area contributed by atoms with Crippen LogP contribution in [0.2, 0.25) is 0 Å². The molecule has 1 aromatic carbocycles. The molecule has 0 bridgehead atoms. The maximum Gasteiger partial charge on any atom is 0.237 e. The molecule has 2 saturated heterocycles. The lowest BCUT2D eigenvalue weighted by Crippen LogP contribution is -2.40. The van der Waals surface area contributed by atoms with Crippen molar-refractivity contribution in [3.8, 4) is 0 Å². The van der Waals surface area contributed by atoms with Crippen LogP contribution in [0.1, 0.15) is 36.8 Å². The average Bonchev–Trinajstić information content (AvgIpc) is 3.11. The molecule has 126 valence electrons. The molecular weight excluding hydrogens is 290 g/mol. The van der Waals surface area contributed by atoms with Gasteiger partial charge in [0.05, 0.1) is 12.1 Å². The largest absolute Gasteiger partial charge is 0.393 e. The monoisotopic (exact) mass is 317 g/mol.